The Hall–Kier alpha value is -3.15. The molecule has 0 aliphatic heterocycles. The molecule has 2 N–H and O–H groups in total. The maximum Gasteiger partial charge on any atom is 0.338 e. The summed E-state index contributed by atoms with van der Waals surface area (Å²) in [5.74, 6) is -1.18. The molecule has 6 nitrogen and oxygen atoms in total. The van der Waals surface area contributed by atoms with Crippen LogP contribution in [0.5, 0.6) is 5.75 Å². The number of ketones is 1. The van der Waals surface area contributed by atoms with Crippen LogP contribution in [0.1, 0.15) is 27.6 Å². The molecule has 0 saturated heterocycles. The third-order valence-corrected chi connectivity index (χ3v) is 3.01. The van der Waals surface area contributed by atoms with Gasteiger partial charge in [0, 0.05) is 11.3 Å². The highest BCUT2D eigenvalue weighted by atomic mass is 16.5. The Balaban J connectivity index is 1.86. The number of hydrogen-bond acceptors (Lipinski definition) is 5. The number of phenolic OH excluding ortho intramolecular Hbond substituents is 1. The van der Waals surface area contributed by atoms with E-state index in [-0.39, 0.29) is 17.1 Å². The third-order valence-electron chi connectivity index (χ3n) is 3.01. The van der Waals surface area contributed by atoms with E-state index in [1.54, 1.807) is 24.3 Å². The second-order valence-electron chi connectivity index (χ2n) is 4.80. The Labute approximate surface area is 132 Å². The molecular formula is C17H15NO5. The molecule has 0 aliphatic rings. The van der Waals surface area contributed by atoms with E-state index in [1.165, 1.54) is 31.2 Å². The highest BCUT2D eigenvalue weighted by Gasteiger charge is 2.10. The van der Waals surface area contributed by atoms with E-state index in [1.807, 2.05) is 0 Å². The van der Waals surface area contributed by atoms with Crippen LogP contribution in [0.25, 0.3) is 0 Å². The third kappa shape index (κ3) is 4.67. The quantitative estimate of drug-likeness (QED) is 0.653. The molecule has 6 heteroatoms. The zero-order chi connectivity index (χ0) is 16.8. The first-order valence-electron chi connectivity index (χ1n) is 6.83. The zero-order valence-corrected chi connectivity index (χ0v) is 12.4. The van der Waals surface area contributed by atoms with Crippen LogP contribution in [0.2, 0.25) is 0 Å². The Morgan fingerprint density at radius 2 is 1.52 bits per heavy atom. The van der Waals surface area contributed by atoms with Crippen LogP contribution in [-0.2, 0) is 9.53 Å². The molecule has 0 saturated carbocycles. The number of esters is 1. The standard InChI is InChI=1S/C17H15NO5/c1-11(19)12-2-6-14(7-3-12)18-16(21)10-23-17(22)13-4-8-15(20)9-5-13/h2-9,20H,10H2,1H3,(H,18,21). The molecule has 2 rings (SSSR count). The van der Waals surface area contributed by atoms with Crippen molar-refractivity contribution in [2.75, 3.05) is 11.9 Å². The fraction of sp³-hybridized carbons (Fsp3) is 0.118. The Kier molecular flexibility index (Phi) is 5.09. The number of Topliss-reactive ketones (excluding diaryl/α,β-unsaturated/α-hetero) is 1. The predicted octanol–water partition coefficient (Wildman–Crippen LogP) is 2.39. The Morgan fingerprint density at radius 3 is 2.09 bits per heavy atom. The van der Waals surface area contributed by atoms with E-state index in [4.69, 9.17) is 9.84 Å². The molecule has 1 amide bonds. The van der Waals surface area contributed by atoms with Gasteiger partial charge in [-0.2, -0.15) is 0 Å². The highest BCUT2D eigenvalue weighted by molar-refractivity contribution is 5.97. The average molecular weight is 313 g/mol. The maximum absolute atomic E-state index is 11.7. The molecule has 0 atom stereocenters. The van der Waals surface area contributed by atoms with Gasteiger partial charge in [-0.15, -0.1) is 0 Å². The first kappa shape index (κ1) is 16.2. The number of carbonyl (C=O) groups is 3. The zero-order valence-electron chi connectivity index (χ0n) is 12.4. The van der Waals surface area contributed by atoms with Gasteiger partial charge in [0.05, 0.1) is 5.56 Å². The van der Waals surface area contributed by atoms with Crippen LogP contribution >= 0.6 is 0 Å². The fourth-order valence-corrected chi connectivity index (χ4v) is 1.80. The molecule has 0 heterocycles. The van der Waals surface area contributed by atoms with Gasteiger partial charge in [0.15, 0.2) is 12.4 Å². The molecule has 2 aromatic rings. The molecule has 2 aromatic carbocycles. The number of nitrogens with one attached hydrogen (secondary N) is 1. The van der Waals surface area contributed by atoms with Gasteiger partial charge in [0.2, 0.25) is 0 Å². The first-order valence-corrected chi connectivity index (χ1v) is 6.83. The molecule has 0 bridgehead atoms. The van der Waals surface area contributed by atoms with Crippen molar-refractivity contribution in [3.05, 3.63) is 59.7 Å². The van der Waals surface area contributed by atoms with E-state index >= 15 is 0 Å². The van der Waals surface area contributed by atoms with Crippen molar-refractivity contribution >= 4 is 23.3 Å². The highest BCUT2D eigenvalue weighted by Crippen LogP contribution is 2.11. The summed E-state index contributed by atoms with van der Waals surface area (Å²) in [5.41, 5.74) is 1.28. The van der Waals surface area contributed by atoms with Crippen molar-refractivity contribution in [3.8, 4) is 5.75 Å². The van der Waals surface area contributed by atoms with E-state index < -0.39 is 18.5 Å². The largest absolute Gasteiger partial charge is 0.508 e. The van der Waals surface area contributed by atoms with Crippen LogP contribution in [0.3, 0.4) is 0 Å². The van der Waals surface area contributed by atoms with Crippen molar-refractivity contribution in [1.82, 2.24) is 0 Å². The number of aromatic hydroxyl groups is 1. The van der Waals surface area contributed by atoms with Gasteiger partial charge >= 0.3 is 5.97 Å². The minimum atomic E-state index is -0.660. The van der Waals surface area contributed by atoms with E-state index in [0.29, 0.717) is 11.3 Å². The predicted molar refractivity (Wildman–Crippen MR) is 83.5 cm³/mol. The number of carbonyl (C=O) groups excluding carboxylic acids is 3. The summed E-state index contributed by atoms with van der Waals surface area (Å²) in [6.07, 6.45) is 0. The molecule has 0 aromatic heterocycles. The van der Waals surface area contributed by atoms with Gasteiger partial charge in [-0.3, -0.25) is 9.59 Å². The number of benzene rings is 2. The molecule has 23 heavy (non-hydrogen) atoms. The molecule has 0 unspecified atom stereocenters. The lowest BCUT2D eigenvalue weighted by Crippen LogP contribution is -2.20. The van der Waals surface area contributed by atoms with Crippen molar-refractivity contribution < 1.29 is 24.2 Å². The second-order valence-corrected chi connectivity index (χ2v) is 4.80. The lowest BCUT2D eigenvalue weighted by Gasteiger charge is -2.07. The summed E-state index contributed by atoms with van der Waals surface area (Å²) in [6, 6.07) is 11.9. The molecule has 0 fully saturated rings. The van der Waals surface area contributed by atoms with Gasteiger partial charge in [0.25, 0.3) is 5.91 Å². The summed E-state index contributed by atoms with van der Waals surface area (Å²) in [7, 11) is 0. The first-order chi connectivity index (χ1) is 11.0. The van der Waals surface area contributed by atoms with Gasteiger partial charge in [0.1, 0.15) is 5.75 Å². The summed E-state index contributed by atoms with van der Waals surface area (Å²) in [4.78, 5) is 34.6. The summed E-state index contributed by atoms with van der Waals surface area (Å²) >= 11 is 0. The Bertz CT molecular complexity index is 720. The monoisotopic (exact) mass is 313 g/mol. The fourth-order valence-electron chi connectivity index (χ4n) is 1.80. The van der Waals surface area contributed by atoms with Crippen LogP contribution in [0.15, 0.2) is 48.5 Å². The number of rotatable bonds is 5. The maximum atomic E-state index is 11.7. The van der Waals surface area contributed by atoms with Crippen LogP contribution < -0.4 is 5.32 Å². The molecule has 0 spiro atoms. The van der Waals surface area contributed by atoms with Crippen molar-refractivity contribution in [3.63, 3.8) is 0 Å². The second kappa shape index (κ2) is 7.22. The van der Waals surface area contributed by atoms with Crippen LogP contribution in [-0.4, -0.2) is 29.4 Å². The molecule has 0 radical (unpaired) electrons. The van der Waals surface area contributed by atoms with Gasteiger partial charge in [-0.1, -0.05) is 0 Å². The topological polar surface area (TPSA) is 92.7 Å². The molecular weight excluding hydrogens is 298 g/mol. The lowest BCUT2D eigenvalue weighted by molar-refractivity contribution is -0.119. The van der Waals surface area contributed by atoms with E-state index in [0.717, 1.165) is 0 Å². The van der Waals surface area contributed by atoms with E-state index in [2.05, 4.69) is 5.32 Å². The SMILES string of the molecule is CC(=O)c1ccc(NC(=O)COC(=O)c2ccc(O)cc2)cc1. The number of phenols is 1. The van der Waals surface area contributed by atoms with Crippen molar-refractivity contribution in [2.24, 2.45) is 0 Å². The van der Waals surface area contributed by atoms with Crippen LogP contribution in [0.4, 0.5) is 5.69 Å². The minimum absolute atomic E-state index is 0.0355. The Morgan fingerprint density at radius 1 is 0.957 bits per heavy atom. The lowest BCUT2D eigenvalue weighted by atomic mass is 10.1. The number of hydrogen-bond donors (Lipinski definition) is 2. The number of anilines is 1. The normalized spacial score (nSPS) is 9.96. The van der Waals surface area contributed by atoms with Crippen LogP contribution in [0, 0.1) is 0 Å². The summed E-state index contributed by atoms with van der Waals surface area (Å²) in [5, 5.41) is 11.7. The minimum Gasteiger partial charge on any atom is -0.508 e. The molecule has 118 valence electrons. The van der Waals surface area contributed by atoms with Crippen molar-refractivity contribution in [2.45, 2.75) is 6.92 Å². The van der Waals surface area contributed by atoms with Gasteiger partial charge < -0.3 is 15.2 Å². The number of amides is 1. The summed E-state index contributed by atoms with van der Waals surface area (Å²) in [6.45, 7) is 1.02. The average Bonchev–Trinajstić information content (AvgIpc) is 2.54. The molecule has 0 aliphatic carbocycles. The van der Waals surface area contributed by atoms with E-state index in [9.17, 15) is 14.4 Å². The summed E-state index contributed by atoms with van der Waals surface area (Å²) < 4.78 is 4.88. The smallest absolute Gasteiger partial charge is 0.338 e. The van der Waals surface area contributed by atoms with Gasteiger partial charge in [-0.05, 0) is 55.5 Å². The van der Waals surface area contributed by atoms with Crippen molar-refractivity contribution in [1.29, 1.82) is 0 Å². The van der Waals surface area contributed by atoms with Gasteiger partial charge in [-0.25, -0.2) is 4.79 Å². The number of ether oxygens (including phenoxy) is 1.